The Morgan fingerprint density at radius 1 is 1.04 bits per heavy atom. The molecule has 2 heterocycles. The predicted octanol–water partition coefficient (Wildman–Crippen LogP) is 4.78. The van der Waals surface area contributed by atoms with E-state index in [0.29, 0.717) is 33.7 Å². The van der Waals surface area contributed by atoms with E-state index in [9.17, 15) is 31.1 Å². The van der Waals surface area contributed by atoms with Crippen molar-refractivity contribution in [3.8, 4) is 5.69 Å². The van der Waals surface area contributed by atoms with Crippen molar-refractivity contribution in [2.45, 2.75) is 17.2 Å². The fourth-order valence-electron chi connectivity index (χ4n) is 2.56. The average Bonchev–Trinajstić information content (AvgIpc) is 3.00. The number of carbonyl (C=O) groups is 1. The minimum atomic E-state index is -4.95. The van der Waals surface area contributed by atoms with Crippen LogP contribution in [0.3, 0.4) is 0 Å². The second-order valence-corrected chi connectivity index (χ2v) is 6.32. The van der Waals surface area contributed by atoms with E-state index < -0.39 is 29.5 Å². The van der Waals surface area contributed by atoms with Gasteiger partial charge in [0.1, 0.15) is 11.2 Å². The third-order valence-corrected chi connectivity index (χ3v) is 4.40. The van der Waals surface area contributed by atoms with E-state index in [-0.39, 0.29) is 16.1 Å². The number of thioether (sulfide) groups is 1. The Balaban J connectivity index is 2.34. The highest BCUT2D eigenvalue weighted by atomic mass is 32.2. The molecule has 148 valence electrons. The summed E-state index contributed by atoms with van der Waals surface area (Å²) < 4.78 is 79.9. The molecule has 0 atom stereocenters. The normalized spacial score (nSPS) is 12.4. The zero-order valence-corrected chi connectivity index (χ0v) is 14.7. The van der Waals surface area contributed by atoms with Gasteiger partial charge in [0.25, 0.3) is 0 Å². The molecule has 0 unspecified atom stereocenters. The van der Waals surface area contributed by atoms with Gasteiger partial charge in [0.15, 0.2) is 11.3 Å². The van der Waals surface area contributed by atoms with E-state index in [0.717, 1.165) is 6.07 Å². The van der Waals surface area contributed by atoms with Gasteiger partial charge in [0.2, 0.25) is 5.82 Å². The second-order valence-electron chi connectivity index (χ2n) is 5.45. The van der Waals surface area contributed by atoms with E-state index in [2.05, 4.69) is 15.3 Å². The van der Waals surface area contributed by atoms with Crippen LogP contribution in [0, 0.1) is 0 Å². The van der Waals surface area contributed by atoms with Gasteiger partial charge in [0, 0.05) is 17.6 Å². The van der Waals surface area contributed by atoms with Gasteiger partial charge in [-0.1, -0.05) is 11.8 Å². The third kappa shape index (κ3) is 3.63. The van der Waals surface area contributed by atoms with Crippen LogP contribution >= 0.6 is 11.8 Å². The summed E-state index contributed by atoms with van der Waals surface area (Å²) in [6.45, 7) is 0. The van der Waals surface area contributed by atoms with E-state index in [4.69, 9.17) is 0 Å². The quantitative estimate of drug-likeness (QED) is 0.374. The molecule has 0 aliphatic carbocycles. The van der Waals surface area contributed by atoms with Crippen LogP contribution in [0.2, 0.25) is 0 Å². The number of benzene rings is 1. The molecular weight excluding hydrogens is 410 g/mol. The van der Waals surface area contributed by atoms with Crippen molar-refractivity contribution in [3.05, 3.63) is 41.9 Å². The van der Waals surface area contributed by atoms with Gasteiger partial charge in [-0.05, 0) is 30.3 Å². The first-order valence-electron chi connectivity index (χ1n) is 7.52. The Kier molecular flexibility index (Phi) is 5.00. The highest BCUT2D eigenvalue weighted by Crippen LogP contribution is 2.37. The zero-order valence-electron chi connectivity index (χ0n) is 13.9. The number of aromatic nitrogens is 3. The largest absolute Gasteiger partial charge is 0.450 e. The van der Waals surface area contributed by atoms with Gasteiger partial charge in [0.05, 0.1) is 5.69 Å². The van der Waals surface area contributed by atoms with E-state index in [1.165, 1.54) is 18.2 Å². The number of halogens is 6. The molecule has 0 amide bonds. The second kappa shape index (κ2) is 7.00. The van der Waals surface area contributed by atoms with Crippen LogP contribution < -0.4 is 5.32 Å². The number of nitrogens with zero attached hydrogens (tertiary/aromatic N) is 3. The average molecular weight is 420 g/mol. The molecule has 5 nitrogen and oxygen atoms in total. The summed E-state index contributed by atoms with van der Waals surface area (Å²) >= 11 is 0.706. The highest BCUT2D eigenvalue weighted by Gasteiger charge is 2.40. The van der Waals surface area contributed by atoms with Crippen LogP contribution in [0.1, 0.15) is 11.5 Å². The molecule has 0 saturated carbocycles. The van der Waals surface area contributed by atoms with Gasteiger partial charge in [-0.15, -0.1) is 0 Å². The minimum absolute atomic E-state index is 0.134. The number of hydrogen-bond acceptors (Lipinski definition) is 5. The first kappa shape index (κ1) is 20.0. The Morgan fingerprint density at radius 3 is 2.32 bits per heavy atom. The van der Waals surface area contributed by atoms with E-state index in [1.807, 2.05) is 0 Å². The summed E-state index contributed by atoms with van der Waals surface area (Å²) in [4.78, 5) is 17.9. The lowest BCUT2D eigenvalue weighted by molar-refractivity contribution is -0.145. The maximum Gasteiger partial charge on any atom is 0.450 e. The standard InChI is InChI=1S/C16H10F6N4OS/c1-23-9-3-2-8(6-11(9)28-7-27)26-13-10(24-14(26)16(20,21)22)4-5-12(25-13)15(17,18)19/h2-7,23H,1H3. The molecule has 3 aromatic rings. The van der Waals surface area contributed by atoms with Crippen LogP contribution in [0.25, 0.3) is 16.9 Å². The number of anilines is 1. The molecule has 0 saturated heterocycles. The summed E-state index contributed by atoms with van der Waals surface area (Å²) in [5.41, 5.74) is -1.47. The SMILES string of the molecule is CNc1ccc(-n2c(C(F)(F)F)nc3ccc(C(F)(F)F)nc32)cc1SC=O. The Hall–Kier alpha value is -2.76. The van der Waals surface area contributed by atoms with Crippen molar-refractivity contribution in [3.63, 3.8) is 0 Å². The molecule has 0 spiro atoms. The van der Waals surface area contributed by atoms with Crippen molar-refractivity contribution in [2.75, 3.05) is 12.4 Å². The van der Waals surface area contributed by atoms with Gasteiger partial charge in [-0.3, -0.25) is 9.36 Å². The first-order valence-corrected chi connectivity index (χ1v) is 8.40. The zero-order chi connectivity index (χ0) is 20.7. The van der Waals surface area contributed by atoms with Crippen molar-refractivity contribution < 1.29 is 31.1 Å². The molecule has 12 heteroatoms. The van der Waals surface area contributed by atoms with Crippen molar-refractivity contribution in [1.29, 1.82) is 0 Å². The molecule has 0 aliphatic heterocycles. The third-order valence-electron chi connectivity index (χ3n) is 3.72. The molecular formula is C16H10F6N4OS. The van der Waals surface area contributed by atoms with Gasteiger partial charge < -0.3 is 5.32 Å². The lowest BCUT2D eigenvalue weighted by atomic mass is 10.2. The van der Waals surface area contributed by atoms with Crippen LogP contribution in [-0.4, -0.2) is 27.2 Å². The van der Waals surface area contributed by atoms with Crippen molar-refractivity contribution in [2.24, 2.45) is 0 Å². The fourth-order valence-corrected chi connectivity index (χ4v) is 3.15. The summed E-state index contributed by atoms with van der Waals surface area (Å²) in [5.74, 6) is -1.42. The van der Waals surface area contributed by atoms with E-state index in [1.54, 1.807) is 7.05 Å². The molecule has 3 rings (SSSR count). The van der Waals surface area contributed by atoms with Crippen LogP contribution in [-0.2, 0) is 17.1 Å². The Labute approximate surface area is 157 Å². The molecule has 1 aromatic carbocycles. The van der Waals surface area contributed by atoms with E-state index >= 15 is 0 Å². The highest BCUT2D eigenvalue weighted by molar-refractivity contribution is 8.12. The van der Waals surface area contributed by atoms with Crippen molar-refractivity contribution >= 4 is 34.2 Å². The topological polar surface area (TPSA) is 59.8 Å². The molecule has 2 aromatic heterocycles. The fraction of sp³-hybridized carbons (Fsp3) is 0.188. The molecule has 0 bridgehead atoms. The van der Waals surface area contributed by atoms with Gasteiger partial charge in [-0.25, -0.2) is 9.97 Å². The first-order chi connectivity index (χ1) is 13.1. The van der Waals surface area contributed by atoms with Crippen LogP contribution in [0.4, 0.5) is 32.0 Å². The van der Waals surface area contributed by atoms with Gasteiger partial charge >= 0.3 is 12.4 Å². The summed E-state index contributed by atoms with van der Waals surface area (Å²) in [6, 6.07) is 5.31. The summed E-state index contributed by atoms with van der Waals surface area (Å²) in [7, 11) is 1.55. The Bertz CT molecular complexity index is 1040. The summed E-state index contributed by atoms with van der Waals surface area (Å²) in [6.07, 6.45) is -9.78. The summed E-state index contributed by atoms with van der Waals surface area (Å²) in [5, 5.41) is 2.77. The monoisotopic (exact) mass is 420 g/mol. The number of pyridine rings is 1. The molecule has 0 aliphatic rings. The number of rotatable bonds is 4. The lowest BCUT2D eigenvalue weighted by Crippen LogP contribution is -2.15. The molecule has 0 radical (unpaired) electrons. The number of carbonyl (C=O) groups excluding carboxylic acids is 1. The number of imidazole rings is 1. The number of nitrogens with one attached hydrogen (secondary N) is 1. The van der Waals surface area contributed by atoms with Crippen LogP contribution in [0.15, 0.2) is 35.2 Å². The molecule has 0 fully saturated rings. The predicted molar refractivity (Wildman–Crippen MR) is 91.0 cm³/mol. The Morgan fingerprint density at radius 2 is 1.75 bits per heavy atom. The maximum absolute atomic E-state index is 13.5. The number of hydrogen-bond donors (Lipinski definition) is 1. The lowest BCUT2D eigenvalue weighted by Gasteiger charge is -2.14. The maximum atomic E-state index is 13.5. The van der Waals surface area contributed by atoms with Gasteiger partial charge in [-0.2, -0.15) is 26.3 Å². The molecule has 28 heavy (non-hydrogen) atoms. The number of fused-ring (bicyclic) bond motifs is 1. The molecule has 1 N–H and O–H groups in total. The van der Waals surface area contributed by atoms with Crippen LogP contribution in [0.5, 0.6) is 0 Å². The minimum Gasteiger partial charge on any atom is -0.387 e. The smallest absolute Gasteiger partial charge is 0.387 e. The van der Waals surface area contributed by atoms with Crippen molar-refractivity contribution in [1.82, 2.24) is 14.5 Å². The number of alkyl halides is 6.